The van der Waals surface area contributed by atoms with Gasteiger partial charge >= 0.3 is 6.01 Å². The van der Waals surface area contributed by atoms with Crippen LogP contribution in [-0.4, -0.2) is 46.1 Å². The van der Waals surface area contributed by atoms with Crippen LogP contribution in [-0.2, 0) is 17.6 Å². The van der Waals surface area contributed by atoms with E-state index in [4.69, 9.17) is 13.7 Å². The zero-order valence-electron chi connectivity index (χ0n) is 13.3. The van der Waals surface area contributed by atoms with Crippen LogP contribution in [0.15, 0.2) is 8.94 Å². The smallest absolute Gasteiger partial charge is 0.318 e. The number of aryl methyl sites for hydroxylation is 1. The molecule has 1 atom stereocenters. The van der Waals surface area contributed by atoms with E-state index in [-0.39, 0.29) is 6.10 Å². The van der Waals surface area contributed by atoms with Gasteiger partial charge in [0.05, 0.1) is 12.7 Å². The molecule has 23 heavy (non-hydrogen) atoms. The second-order valence-corrected chi connectivity index (χ2v) is 6.15. The number of rotatable bonds is 5. The molecule has 0 unspecified atom stereocenters. The fourth-order valence-corrected chi connectivity index (χ4v) is 2.91. The molecule has 0 aromatic carbocycles. The molecular formula is C15H21N5O3. The highest BCUT2D eigenvalue weighted by Crippen LogP contribution is 2.36. The molecule has 0 N–H and O–H groups in total. The highest BCUT2D eigenvalue weighted by molar-refractivity contribution is 5.26. The Morgan fingerprint density at radius 3 is 2.91 bits per heavy atom. The molecule has 3 heterocycles. The van der Waals surface area contributed by atoms with Gasteiger partial charge in [-0.05, 0) is 12.8 Å². The average molecular weight is 319 g/mol. The van der Waals surface area contributed by atoms with Gasteiger partial charge in [-0.3, -0.25) is 0 Å². The van der Waals surface area contributed by atoms with Crippen molar-refractivity contribution in [2.75, 3.05) is 24.6 Å². The van der Waals surface area contributed by atoms with Crippen LogP contribution in [0.2, 0.25) is 0 Å². The summed E-state index contributed by atoms with van der Waals surface area (Å²) >= 11 is 0. The highest BCUT2D eigenvalue weighted by atomic mass is 16.5. The molecule has 8 heteroatoms. The number of nitrogens with zero attached hydrogens (tertiary/aromatic N) is 5. The predicted octanol–water partition coefficient (Wildman–Crippen LogP) is 1.73. The minimum Gasteiger partial charge on any atom is -0.408 e. The molecule has 2 aliphatic rings. The summed E-state index contributed by atoms with van der Waals surface area (Å²) in [5.74, 6) is 2.59. The molecule has 0 amide bonds. The van der Waals surface area contributed by atoms with Gasteiger partial charge in [0, 0.05) is 31.8 Å². The Morgan fingerprint density at radius 2 is 2.17 bits per heavy atom. The van der Waals surface area contributed by atoms with Gasteiger partial charge in [0.15, 0.2) is 5.82 Å². The van der Waals surface area contributed by atoms with Crippen LogP contribution in [0.25, 0.3) is 0 Å². The molecule has 2 aromatic heterocycles. The van der Waals surface area contributed by atoms with E-state index >= 15 is 0 Å². The van der Waals surface area contributed by atoms with E-state index in [1.807, 2.05) is 6.92 Å². The molecule has 1 aliphatic carbocycles. The first-order valence-electron chi connectivity index (χ1n) is 8.33. The Morgan fingerprint density at radius 1 is 1.26 bits per heavy atom. The number of hydrogen-bond donors (Lipinski definition) is 0. The van der Waals surface area contributed by atoms with Crippen molar-refractivity contribution >= 4 is 6.01 Å². The van der Waals surface area contributed by atoms with Crippen molar-refractivity contribution in [2.45, 2.75) is 51.0 Å². The Labute approximate surface area is 134 Å². The van der Waals surface area contributed by atoms with Gasteiger partial charge in [0.25, 0.3) is 0 Å². The maximum absolute atomic E-state index is 5.85. The maximum Gasteiger partial charge on any atom is 0.318 e. The molecule has 4 rings (SSSR count). The standard InChI is InChI=1S/C15H21N5O3/c1-2-13-16-12(19-23-13)8-11-9-20(6-7-21-11)15-18-17-14(22-15)10-4-3-5-10/h10-11H,2-9H2,1H3/t11-/m1/s1. The zero-order chi connectivity index (χ0) is 15.6. The van der Waals surface area contributed by atoms with Crippen molar-refractivity contribution in [3.63, 3.8) is 0 Å². The average Bonchev–Trinajstić information content (AvgIpc) is 3.15. The first-order valence-corrected chi connectivity index (χ1v) is 8.33. The van der Waals surface area contributed by atoms with Gasteiger partial charge in [0.2, 0.25) is 11.8 Å². The summed E-state index contributed by atoms with van der Waals surface area (Å²) in [5, 5.41) is 12.4. The van der Waals surface area contributed by atoms with E-state index in [0.29, 0.717) is 43.2 Å². The van der Waals surface area contributed by atoms with Gasteiger partial charge < -0.3 is 18.6 Å². The van der Waals surface area contributed by atoms with Crippen LogP contribution >= 0.6 is 0 Å². The number of ether oxygens (including phenoxy) is 1. The third-order valence-electron chi connectivity index (χ3n) is 4.52. The van der Waals surface area contributed by atoms with Crippen molar-refractivity contribution in [3.8, 4) is 0 Å². The summed E-state index contributed by atoms with van der Waals surface area (Å²) in [6.45, 7) is 4.08. The van der Waals surface area contributed by atoms with Gasteiger partial charge in [-0.15, -0.1) is 5.10 Å². The normalized spacial score (nSPS) is 22.3. The third-order valence-corrected chi connectivity index (χ3v) is 4.52. The molecule has 1 saturated carbocycles. The van der Waals surface area contributed by atoms with Crippen molar-refractivity contribution in [3.05, 3.63) is 17.6 Å². The molecule has 1 saturated heterocycles. The Bertz CT molecular complexity index is 651. The van der Waals surface area contributed by atoms with Crippen LogP contribution < -0.4 is 4.90 Å². The molecule has 2 aromatic rings. The maximum atomic E-state index is 5.85. The summed E-state index contributed by atoms with van der Waals surface area (Å²) in [4.78, 5) is 6.43. The number of aromatic nitrogens is 4. The minimum absolute atomic E-state index is 0.00473. The molecule has 8 nitrogen and oxygen atoms in total. The van der Waals surface area contributed by atoms with E-state index in [9.17, 15) is 0 Å². The molecule has 0 spiro atoms. The fraction of sp³-hybridized carbons (Fsp3) is 0.733. The van der Waals surface area contributed by atoms with E-state index in [0.717, 1.165) is 31.7 Å². The van der Waals surface area contributed by atoms with Crippen molar-refractivity contribution in [2.24, 2.45) is 0 Å². The SMILES string of the molecule is CCc1nc(C[C@@H]2CN(c3nnc(C4CCC4)o3)CCO2)no1. The quantitative estimate of drug-likeness (QED) is 0.823. The molecule has 124 valence electrons. The summed E-state index contributed by atoms with van der Waals surface area (Å²) in [7, 11) is 0. The monoisotopic (exact) mass is 319 g/mol. The number of anilines is 1. The van der Waals surface area contributed by atoms with Crippen molar-refractivity contribution in [1.82, 2.24) is 20.3 Å². The Balaban J connectivity index is 1.39. The summed E-state index contributed by atoms with van der Waals surface area (Å²) in [6, 6.07) is 0.600. The van der Waals surface area contributed by atoms with Crippen molar-refractivity contribution in [1.29, 1.82) is 0 Å². The van der Waals surface area contributed by atoms with Gasteiger partial charge in [-0.25, -0.2) is 0 Å². The Hall–Kier alpha value is -1.96. The summed E-state index contributed by atoms with van der Waals surface area (Å²) in [6.07, 6.45) is 4.95. The van der Waals surface area contributed by atoms with Crippen molar-refractivity contribution < 1.29 is 13.7 Å². The summed E-state index contributed by atoms with van der Waals surface area (Å²) in [5.41, 5.74) is 0. The van der Waals surface area contributed by atoms with Crippen LogP contribution in [0.4, 0.5) is 6.01 Å². The van der Waals surface area contributed by atoms with Crippen LogP contribution in [0.5, 0.6) is 0 Å². The van der Waals surface area contributed by atoms with E-state index in [2.05, 4.69) is 25.2 Å². The lowest BCUT2D eigenvalue weighted by molar-refractivity contribution is 0.0376. The molecule has 1 aliphatic heterocycles. The first-order chi connectivity index (χ1) is 11.3. The number of morpholine rings is 1. The van der Waals surface area contributed by atoms with Crippen LogP contribution in [0, 0.1) is 0 Å². The second kappa shape index (κ2) is 6.27. The van der Waals surface area contributed by atoms with Crippen LogP contribution in [0.3, 0.4) is 0 Å². The summed E-state index contributed by atoms with van der Waals surface area (Å²) < 4.78 is 16.8. The largest absolute Gasteiger partial charge is 0.408 e. The first kappa shape index (κ1) is 14.6. The topological polar surface area (TPSA) is 90.3 Å². The van der Waals surface area contributed by atoms with Gasteiger partial charge in [0.1, 0.15) is 0 Å². The van der Waals surface area contributed by atoms with E-state index in [1.54, 1.807) is 0 Å². The number of hydrogen-bond acceptors (Lipinski definition) is 8. The molecule has 2 fully saturated rings. The predicted molar refractivity (Wildman–Crippen MR) is 80.2 cm³/mol. The Kier molecular flexibility index (Phi) is 3.99. The minimum atomic E-state index is 0.00473. The molecular weight excluding hydrogens is 298 g/mol. The van der Waals surface area contributed by atoms with Gasteiger partial charge in [-0.2, -0.15) is 4.98 Å². The lowest BCUT2D eigenvalue weighted by atomic mass is 9.85. The molecule has 0 bridgehead atoms. The lowest BCUT2D eigenvalue weighted by Gasteiger charge is -2.31. The fourth-order valence-electron chi connectivity index (χ4n) is 2.91. The van der Waals surface area contributed by atoms with E-state index in [1.165, 1.54) is 6.42 Å². The second-order valence-electron chi connectivity index (χ2n) is 6.15. The van der Waals surface area contributed by atoms with E-state index < -0.39 is 0 Å². The lowest BCUT2D eigenvalue weighted by Crippen LogP contribution is -2.43. The molecule has 0 radical (unpaired) electrons. The van der Waals surface area contributed by atoms with Crippen LogP contribution in [0.1, 0.15) is 49.7 Å². The highest BCUT2D eigenvalue weighted by Gasteiger charge is 2.29. The van der Waals surface area contributed by atoms with Gasteiger partial charge in [-0.1, -0.05) is 23.6 Å². The third kappa shape index (κ3) is 3.08. The zero-order valence-corrected chi connectivity index (χ0v) is 13.3.